The highest BCUT2D eigenvalue weighted by molar-refractivity contribution is 7.92. The standard InChI is InChI=1S/C21H20N2O5S2/c24-21(22-14-17-6-2-11-29-17)15-4-1-5-16(12-15)23-30(25,26)18-7-8-19-20(13-18)28-10-3-9-27-19/h1-2,4-8,11-13,23H,3,9-10,14H2,(H,22,24). The quantitative estimate of drug-likeness (QED) is 0.605. The smallest absolute Gasteiger partial charge is 0.262 e. The number of nitrogens with one attached hydrogen (secondary N) is 2. The van der Waals surface area contributed by atoms with Crippen LogP contribution < -0.4 is 19.5 Å². The van der Waals surface area contributed by atoms with Gasteiger partial charge in [-0.2, -0.15) is 0 Å². The van der Waals surface area contributed by atoms with Crippen molar-refractivity contribution in [2.24, 2.45) is 0 Å². The van der Waals surface area contributed by atoms with E-state index in [2.05, 4.69) is 10.0 Å². The van der Waals surface area contributed by atoms with Crippen molar-refractivity contribution in [3.63, 3.8) is 0 Å². The topological polar surface area (TPSA) is 93.7 Å². The molecule has 0 aliphatic carbocycles. The van der Waals surface area contributed by atoms with Crippen molar-refractivity contribution in [3.05, 3.63) is 70.4 Å². The number of benzene rings is 2. The van der Waals surface area contributed by atoms with E-state index in [4.69, 9.17) is 9.47 Å². The number of carbonyl (C=O) groups is 1. The normalized spacial score (nSPS) is 13.3. The van der Waals surface area contributed by atoms with E-state index in [-0.39, 0.29) is 10.8 Å². The Morgan fingerprint density at radius 1 is 1.00 bits per heavy atom. The zero-order valence-corrected chi connectivity index (χ0v) is 17.6. The summed E-state index contributed by atoms with van der Waals surface area (Å²) in [6, 6.07) is 14.7. The lowest BCUT2D eigenvalue weighted by Gasteiger charge is -2.12. The Labute approximate surface area is 178 Å². The number of ether oxygens (including phenoxy) is 2. The minimum Gasteiger partial charge on any atom is -0.490 e. The first kappa shape index (κ1) is 20.2. The molecule has 0 unspecified atom stereocenters. The fourth-order valence-electron chi connectivity index (χ4n) is 2.93. The van der Waals surface area contributed by atoms with Gasteiger partial charge in [0.15, 0.2) is 11.5 Å². The lowest BCUT2D eigenvalue weighted by atomic mass is 10.2. The number of fused-ring (bicyclic) bond motifs is 1. The molecular weight excluding hydrogens is 424 g/mol. The highest BCUT2D eigenvalue weighted by Crippen LogP contribution is 2.32. The summed E-state index contributed by atoms with van der Waals surface area (Å²) in [6.45, 7) is 1.41. The number of carbonyl (C=O) groups excluding carboxylic acids is 1. The van der Waals surface area contributed by atoms with Crippen LogP contribution in [0.4, 0.5) is 5.69 Å². The molecule has 30 heavy (non-hydrogen) atoms. The molecule has 0 spiro atoms. The predicted octanol–water partition coefficient (Wildman–Crippen LogP) is 3.64. The molecule has 1 aromatic heterocycles. The van der Waals surface area contributed by atoms with E-state index in [0.717, 1.165) is 11.3 Å². The monoisotopic (exact) mass is 444 g/mol. The maximum absolute atomic E-state index is 12.8. The fraction of sp³-hybridized carbons (Fsp3) is 0.190. The molecule has 0 radical (unpaired) electrons. The molecule has 156 valence electrons. The van der Waals surface area contributed by atoms with Crippen LogP contribution in [0.2, 0.25) is 0 Å². The van der Waals surface area contributed by atoms with Crippen LogP contribution in [0.15, 0.2) is 64.9 Å². The van der Waals surface area contributed by atoms with Gasteiger partial charge in [0, 0.05) is 28.6 Å². The first-order valence-corrected chi connectivity index (χ1v) is 11.7. The van der Waals surface area contributed by atoms with Gasteiger partial charge in [-0.25, -0.2) is 8.42 Å². The van der Waals surface area contributed by atoms with Gasteiger partial charge in [0.05, 0.1) is 24.7 Å². The Hall–Kier alpha value is -3.04. The van der Waals surface area contributed by atoms with Gasteiger partial charge < -0.3 is 14.8 Å². The highest BCUT2D eigenvalue weighted by Gasteiger charge is 2.19. The third kappa shape index (κ3) is 4.74. The molecule has 0 fully saturated rings. The molecule has 0 bridgehead atoms. The van der Waals surface area contributed by atoms with Crippen LogP contribution in [0.5, 0.6) is 11.5 Å². The van der Waals surface area contributed by atoms with E-state index in [1.807, 2.05) is 17.5 Å². The number of anilines is 1. The van der Waals surface area contributed by atoms with Gasteiger partial charge in [-0.15, -0.1) is 11.3 Å². The van der Waals surface area contributed by atoms with Crippen molar-refractivity contribution in [2.75, 3.05) is 17.9 Å². The molecule has 3 aromatic rings. The van der Waals surface area contributed by atoms with Crippen molar-refractivity contribution in [3.8, 4) is 11.5 Å². The molecule has 4 rings (SSSR count). The SMILES string of the molecule is O=C(NCc1cccs1)c1cccc(NS(=O)(=O)c2ccc3c(c2)OCCCO3)c1. The summed E-state index contributed by atoms with van der Waals surface area (Å²) in [7, 11) is -3.86. The summed E-state index contributed by atoms with van der Waals surface area (Å²) < 4.78 is 39.3. The first-order valence-electron chi connectivity index (χ1n) is 9.34. The number of thiophene rings is 1. The summed E-state index contributed by atoms with van der Waals surface area (Å²) in [4.78, 5) is 13.5. The maximum Gasteiger partial charge on any atom is 0.262 e. The lowest BCUT2D eigenvalue weighted by Crippen LogP contribution is -2.22. The Kier molecular flexibility index (Phi) is 5.91. The third-order valence-corrected chi connectivity index (χ3v) is 6.66. The molecule has 2 aromatic carbocycles. The minimum absolute atomic E-state index is 0.0549. The van der Waals surface area contributed by atoms with Gasteiger partial charge in [-0.3, -0.25) is 9.52 Å². The van der Waals surface area contributed by atoms with Crippen molar-refractivity contribution >= 4 is 33.0 Å². The molecule has 1 aliphatic rings. The van der Waals surface area contributed by atoms with E-state index in [0.29, 0.717) is 42.5 Å². The van der Waals surface area contributed by atoms with Crippen LogP contribution in [0.25, 0.3) is 0 Å². The van der Waals surface area contributed by atoms with Crippen LogP contribution in [-0.2, 0) is 16.6 Å². The summed E-state index contributed by atoms with van der Waals surface area (Å²) >= 11 is 1.55. The van der Waals surface area contributed by atoms with E-state index in [9.17, 15) is 13.2 Å². The van der Waals surface area contributed by atoms with Crippen molar-refractivity contribution in [2.45, 2.75) is 17.9 Å². The van der Waals surface area contributed by atoms with Gasteiger partial charge in [0.25, 0.3) is 15.9 Å². The fourth-order valence-corrected chi connectivity index (χ4v) is 4.64. The number of rotatable bonds is 6. The molecule has 0 saturated carbocycles. The number of sulfonamides is 1. The average Bonchev–Trinajstić information content (AvgIpc) is 3.15. The Morgan fingerprint density at radius 2 is 1.83 bits per heavy atom. The van der Waals surface area contributed by atoms with Crippen molar-refractivity contribution in [1.29, 1.82) is 0 Å². The Morgan fingerprint density at radius 3 is 2.63 bits per heavy atom. The molecular formula is C21H20N2O5S2. The van der Waals surface area contributed by atoms with E-state index >= 15 is 0 Å². The molecule has 1 aliphatic heterocycles. The summed E-state index contributed by atoms with van der Waals surface area (Å²) in [5.41, 5.74) is 0.663. The zero-order valence-electron chi connectivity index (χ0n) is 16.0. The third-order valence-electron chi connectivity index (χ3n) is 4.41. The second kappa shape index (κ2) is 8.76. The molecule has 0 saturated heterocycles. The van der Waals surface area contributed by atoms with E-state index in [1.54, 1.807) is 35.6 Å². The molecule has 7 nitrogen and oxygen atoms in total. The molecule has 9 heteroatoms. The minimum atomic E-state index is -3.86. The van der Waals surface area contributed by atoms with Crippen LogP contribution in [0.1, 0.15) is 21.7 Å². The zero-order chi connectivity index (χ0) is 21.0. The van der Waals surface area contributed by atoms with Crippen LogP contribution in [0.3, 0.4) is 0 Å². The number of amides is 1. The van der Waals surface area contributed by atoms with Gasteiger partial charge in [-0.1, -0.05) is 12.1 Å². The maximum atomic E-state index is 12.8. The van der Waals surface area contributed by atoms with Crippen LogP contribution in [-0.4, -0.2) is 27.5 Å². The van der Waals surface area contributed by atoms with Gasteiger partial charge >= 0.3 is 0 Å². The largest absolute Gasteiger partial charge is 0.490 e. The molecule has 2 N–H and O–H groups in total. The van der Waals surface area contributed by atoms with Crippen molar-refractivity contribution in [1.82, 2.24) is 5.32 Å². The van der Waals surface area contributed by atoms with Crippen LogP contribution >= 0.6 is 11.3 Å². The van der Waals surface area contributed by atoms with E-state index < -0.39 is 10.0 Å². The van der Waals surface area contributed by atoms with Gasteiger partial charge in [0.2, 0.25) is 0 Å². The van der Waals surface area contributed by atoms with Gasteiger partial charge in [-0.05, 0) is 41.8 Å². The molecule has 0 atom stereocenters. The summed E-state index contributed by atoms with van der Waals surface area (Å²) in [5.74, 6) is 0.646. The Balaban J connectivity index is 1.49. The average molecular weight is 445 g/mol. The summed E-state index contributed by atoms with van der Waals surface area (Å²) in [5, 5.41) is 4.77. The second-order valence-corrected chi connectivity index (χ2v) is 9.32. The first-order chi connectivity index (χ1) is 14.5. The number of hydrogen-bond acceptors (Lipinski definition) is 6. The summed E-state index contributed by atoms with van der Waals surface area (Å²) in [6.07, 6.45) is 0.732. The highest BCUT2D eigenvalue weighted by atomic mass is 32.2. The predicted molar refractivity (Wildman–Crippen MR) is 115 cm³/mol. The second-order valence-electron chi connectivity index (χ2n) is 6.61. The van der Waals surface area contributed by atoms with E-state index in [1.165, 1.54) is 18.2 Å². The molecule has 2 heterocycles. The van der Waals surface area contributed by atoms with Crippen LogP contribution in [0, 0.1) is 0 Å². The van der Waals surface area contributed by atoms with Crippen molar-refractivity contribution < 1.29 is 22.7 Å². The Bertz CT molecular complexity index is 1140. The number of hydrogen-bond donors (Lipinski definition) is 2. The van der Waals surface area contributed by atoms with Gasteiger partial charge in [0.1, 0.15) is 0 Å². The molecule has 1 amide bonds. The lowest BCUT2D eigenvalue weighted by molar-refractivity contribution is 0.0951.